The number of thioether (sulfide) groups is 4. The van der Waals surface area contributed by atoms with Crippen molar-refractivity contribution in [2.75, 3.05) is 69.0 Å². The highest BCUT2D eigenvalue weighted by molar-refractivity contribution is 8.02. The maximum absolute atomic E-state index is 4.36. The maximum atomic E-state index is 4.36. The van der Waals surface area contributed by atoms with E-state index >= 15 is 0 Å². The van der Waals surface area contributed by atoms with Crippen LogP contribution in [-0.2, 0) is 0 Å². The molecule has 0 fully saturated rings. The molecule has 8 heteroatoms. The third-order valence-electron chi connectivity index (χ3n) is 2.94. The van der Waals surface area contributed by atoms with Gasteiger partial charge in [0.1, 0.15) is 0 Å². The van der Waals surface area contributed by atoms with Crippen LogP contribution in [-0.4, -0.2) is 69.0 Å². The maximum Gasteiger partial charge on any atom is 0.00212 e. The second-order valence-corrected chi connectivity index (χ2v) is 11.2. The number of thiol groups is 4. The minimum Gasteiger partial charge on any atom is -0.179 e. The summed E-state index contributed by atoms with van der Waals surface area (Å²) in [4.78, 5) is 0. The van der Waals surface area contributed by atoms with Gasteiger partial charge in [-0.25, -0.2) is 0 Å². The second kappa shape index (κ2) is 18.6. The predicted octanol–water partition coefficient (Wildman–Crippen LogP) is 5.01. The molecule has 0 aliphatic rings. The highest BCUT2D eigenvalue weighted by atomic mass is 32.2. The van der Waals surface area contributed by atoms with Crippen LogP contribution in [0.25, 0.3) is 0 Å². The molecule has 0 rings (SSSR count). The zero-order chi connectivity index (χ0) is 16.5. The minimum atomic E-state index is 0.443. The van der Waals surface area contributed by atoms with Gasteiger partial charge in [0.25, 0.3) is 0 Å². The van der Waals surface area contributed by atoms with Crippen molar-refractivity contribution in [3.63, 3.8) is 0 Å². The fourth-order valence-corrected chi connectivity index (χ4v) is 7.87. The fourth-order valence-electron chi connectivity index (χ4n) is 1.86. The van der Waals surface area contributed by atoms with Crippen LogP contribution in [0.5, 0.6) is 0 Å². The molecule has 0 saturated carbocycles. The van der Waals surface area contributed by atoms with Crippen molar-refractivity contribution in [1.29, 1.82) is 0 Å². The van der Waals surface area contributed by atoms with Gasteiger partial charge in [0.05, 0.1) is 0 Å². The van der Waals surface area contributed by atoms with E-state index in [2.05, 4.69) is 85.8 Å². The van der Waals surface area contributed by atoms with E-state index in [9.17, 15) is 0 Å². The summed E-state index contributed by atoms with van der Waals surface area (Å²) in [5.74, 6) is 13.6. The summed E-state index contributed by atoms with van der Waals surface area (Å²) in [5, 5.41) is 0. The molecular weight excluding hydrogens is 425 g/mol. The number of hydrogen-bond acceptors (Lipinski definition) is 8. The van der Waals surface area contributed by atoms with Crippen molar-refractivity contribution < 1.29 is 0 Å². The van der Waals surface area contributed by atoms with Crippen LogP contribution in [0.2, 0.25) is 0 Å². The summed E-state index contributed by atoms with van der Waals surface area (Å²) in [5.41, 5.74) is 0.443. The Bertz CT molecular complexity index is 200. The molecule has 0 aromatic carbocycles. The second-order valence-electron chi connectivity index (χ2n) is 4.91. The van der Waals surface area contributed by atoms with Gasteiger partial charge in [0.15, 0.2) is 0 Å². The van der Waals surface area contributed by atoms with Crippen LogP contribution < -0.4 is 0 Å². The zero-order valence-electron chi connectivity index (χ0n) is 13.1. The average molecular weight is 455 g/mol. The van der Waals surface area contributed by atoms with Crippen molar-refractivity contribution in [3.8, 4) is 0 Å². The van der Waals surface area contributed by atoms with Crippen LogP contribution in [0.1, 0.15) is 6.42 Å². The van der Waals surface area contributed by atoms with Gasteiger partial charge in [-0.1, -0.05) is 0 Å². The molecule has 0 spiro atoms. The van der Waals surface area contributed by atoms with Gasteiger partial charge in [0.2, 0.25) is 0 Å². The fraction of sp³-hybridized carbons (Fsp3) is 1.00. The smallest absolute Gasteiger partial charge is 0.00212 e. The van der Waals surface area contributed by atoms with Crippen LogP contribution in [0.4, 0.5) is 0 Å². The Morgan fingerprint density at radius 2 is 0.864 bits per heavy atom. The molecule has 0 aliphatic heterocycles. The number of rotatable bonds is 17. The van der Waals surface area contributed by atoms with Crippen LogP contribution >= 0.6 is 97.6 Å². The molecule has 0 unspecified atom stereocenters. The lowest BCUT2D eigenvalue weighted by Gasteiger charge is -2.33. The van der Waals surface area contributed by atoms with Gasteiger partial charge >= 0.3 is 0 Å². The van der Waals surface area contributed by atoms with Gasteiger partial charge in [-0.3, -0.25) is 0 Å². The van der Waals surface area contributed by atoms with E-state index in [1.54, 1.807) is 0 Å². The van der Waals surface area contributed by atoms with Crippen molar-refractivity contribution in [2.45, 2.75) is 6.42 Å². The quantitative estimate of drug-likeness (QED) is 0.180. The van der Waals surface area contributed by atoms with E-state index in [1.165, 1.54) is 29.4 Å². The van der Waals surface area contributed by atoms with Gasteiger partial charge in [-0.05, 0) is 40.6 Å². The topological polar surface area (TPSA) is 0 Å². The van der Waals surface area contributed by atoms with Gasteiger partial charge in [-0.2, -0.15) is 97.6 Å². The van der Waals surface area contributed by atoms with E-state index in [4.69, 9.17) is 0 Å². The number of hydrogen-bond donors (Lipinski definition) is 4. The minimum absolute atomic E-state index is 0.443. The van der Waals surface area contributed by atoms with Crippen molar-refractivity contribution in [2.24, 2.45) is 5.41 Å². The predicted molar refractivity (Wildman–Crippen MR) is 132 cm³/mol. The SMILES string of the molecule is SCCSCCC(CSCCS)(CSCCS)CSCCS. The Balaban J connectivity index is 4.53. The first-order valence-electron chi connectivity index (χ1n) is 7.49. The van der Waals surface area contributed by atoms with Gasteiger partial charge in [-0.15, -0.1) is 0 Å². The standard InChI is InChI=1S/C14H30S8/c15-2-7-19-6-1-14(11-20-8-3-16,12-21-9-4-17)13-22-10-5-18/h15-18H,1-13H2. The Hall–Kier alpha value is 2.80. The Labute approximate surface area is 177 Å². The van der Waals surface area contributed by atoms with Crippen molar-refractivity contribution in [1.82, 2.24) is 0 Å². The molecule has 0 aliphatic carbocycles. The lowest BCUT2D eigenvalue weighted by Crippen LogP contribution is -2.32. The highest BCUT2D eigenvalue weighted by Crippen LogP contribution is 2.36. The molecule has 0 nitrogen and oxygen atoms in total. The molecule has 134 valence electrons. The lowest BCUT2D eigenvalue weighted by molar-refractivity contribution is 0.432. The molecule has 0 atom stereocenters. The molecular formula is C14H30S8. The lowest BCUT2D eigenvalue weighted by atomic mass is 9.92. The van der Waals surface area contributed by atoms with Crippen molar-refractivity contribution in [3.05, 3.63) is 0 Å². The summed E-state index contributed by atoms with van der Waals surface area (Å²) in [7, 11) is 0. The summed E-state index contributed by atoms with van der Waals surface area (Å²) >= 11 is 25.7. The van der Waals surface area contributed by atoms with Crippen LogP contribution in [0, 0.1) is 5.41 Å². The van der Waals surface area contributed by atoms with E-state index < -0.39 is 0 Å². The van der Waals surface area contributed by atoms with Gasteiger partial charge < -0.3 is 0 Å². The molecule has 0 bridgehead atoms. The van der Waals surface area contributed by atoms with Gasteiger partial charge in [0, 0.05) is 40.3 Å². The summed E-state index contributed by atoms with van der Waals surface area (Å²) in [6, 6.07) is 0. The monoisotopic (exact) mass is 454 g/mol. The third kappa shape index (κ3) is 14.0. The molecule has 0 aromatic heterocycles. The highest BCUT2D eigenvalue weighted by Gasteiger charge is 2.29. The molecule has 0 saturated heterocycles. The van der Waals surface area contributed by atoms with Crippen LogP contribution in [0.3, 0.4) is 0 Å². The van der Waals surface area contributed by atoms with Crippen molar-refractivity contribution >= 4 is 97.6 Å². The normalized spacial score (nSPS) is 12.0. The first-order chi connectivity index (χ1) is 10.7. The molecule has 0 N–H and O–H groups in total. The Morgan fingerprint density at radius 3 is 1.23 bits per heavy atom. The first-order valence-corrected chi connectivity index (χ1v) is 14.6. The van der Waals surface area contributed by atoms with E-state index in [1.807, 2.05) is 11.8 Å². The van der Waals surface area contributed by atoms with E-state index in [-0.39, 0.29) is 0 Å². The molecule has 0 radical (unpaired) electrons. The Morgan fingerprint density at radius 1 is 0.500 bits per heavy atom. The molecule has 0 aromatic rings. The average Bonchev–Trinajstić information content (AvgIpc) is 2.52. The molecule has 0 amide bonds. The van der Waals surface area contributed by atoms with Crippen LogP contribution in [0.15, 0.2) is 0 Å². The third-order valence-corrected chi connectivity index (χ3v) is 9.96. The first kappa shape index (κ1) is 24.8. The van der Waals surface area contributed by atoms with E-state index in [0.29, 0.717) is 5.41 Å². The zero-order valence-corrected chi connectivity index (χ0v) is 20.0. The molecule has 22 heavy (non-hydrogen) atoms. The van der Waals surface area contributed by atoms with E-state index in [0.717, 1.165) is 46.0 Å². The largest absolute Gasteiger partial charge is 0.179 e. The molecule has 0 heterocycles. The summed E-state index contributed by atoms with van der Waals surface area (Å²) in [6.07, 6.45) is 1.31. The Kier molecular flexibility index (Phi) is 21.0. The summed E-state index contributed by atoms with van der Waals surface area (Å²) < 4.78 is 0. The summed E-state index contributed by atoms with van der Waals surface area (Å²) in [6.45, 7) is 0.